The fourth-order valence-corrected chi connectivity index (χ4v) is 2.27. The number of rotatable bonds is 3. The highest BCUT2D eigenvalue weighted by Crippen LogP contribution is 2.37. The summed E-state index contributed by atoms with van der Waals surface area (Å²) in [5, 5.41) is 1.49. The molecule has 0 amide bonds. The van der Waals surface area contributed by atoms with E-state index >= 15 is 0 Å². The van der Waals surface area contributed by atoms with Crippen LogP contribution in [0, 0.1) is 0 Å². The van der Waals surface area contributed by atoms with Gasteiger partial charge in [-0.1, -0.05) is 23.2 Å². The molecule has 1 N–H and O–H groups in total. The van der Waals surface area contributed by atoms with E-state index in [1.807, 2.05) is 0 Å². The molecule has 2 rings (SSSR count). The Bertz CT molecular complexity index is 800. The zero-order valence-electron chi connectivity index (χ0n) is 12.0. The van der Waals surface area contributed by atoms with E-state index in [4.69, 9.17) is 23.2 Å². The molecule has 0 radical (unpaired) electrons. The molecule has 0 aliphatic heterocycles. The number of hydrogen-bond acceptors (Lipinski definition) is 1. The highest BCUT2D eigenvalue weighted by Gasteiger charge is 2.34. The Balaban J connectivity index is 2.20. The third kappa shape index (κ3) is 5.02. The van der Waals surface area contributed by atoms with Crippen LogP contribution >= 0.6 is 23.2 Å². The number of nitrogens with one attached hydrogen (secondary N) is 1. The van der Waals surface area contributed by atoms with E-state index in [9.17, 15) is 26.3 Å². The normalized spacial score (nSPS) is 12.6. The predicted octanol–water partition coefficient (Wildman–Crippen LogP) is 6.80. The SMILES string of the molecule is FC(F)(F)c1cc(N=CNc2ccc(Cl)c(C(F)(F)F)c2)ccc1Cl. The van der Waals surface area contributed by atoms with Crippen LogP contribution in [0.3, 0.4) is 0 Å². The van der Waals surface area contributed by atoms with Gasteiger partial charge in [0, 0.05) is 5.69 Å². The maximum atomic E-state index is 12.7. The van der Waals surface area contributed by atoms with E-state index in [1.165, 1.54) is 12.1 Å². The van der Waals surface area contributed by atoms with Gasteiger partial charge in [-0.3, -0.25) is 0 Å². The van der Waals surface area contributed by atoms with Crippen molar-refractivity contribution in [3.8, 4) is 0 Å². The molecule has 0 aromatic heterocycles. The van der Waals surface area contributed by atoms with E-state index in [1.54, 1.807) is 0 Å². The van der Waals surface area contributed by atoms with Gasteiger partial charge in [0.1, 0.15) is 0 Å². The van der Waals surface area contributed by atoms with Gasteiger partial charge in [0.2, 0.25) is 0 Å². The molecule has 0 spiro atoms. The van der Waals surface area contributed by atoms with Crippen molar-refractivity contribution < 1.29 is 26.3 Å². The van der Waals surface area contributed by atoms with Crippen molar-refractivity contribution in [2.45, 2.75) is 12.4 Å². The summed E-state index contributed by atoms with van der Waals surface area (Å²) < 4.78 is 76.5. The summed E-state index contributed by atoms with van der Waals surface area (Å²) in [6, 6.07) is 6.07. The van der Waals surface area contributed by atoms with Crippen LogP contribution in [0.4, 0.5) is 37.7 Å². The molecule has 10 heteroatoms. The Morgan fingerprint density at radius 1 is 0.800 bits per heavy atom. The smallest absolute Gasteiger partial charge is 0.346 e. The third-order valence-corrected chi connectivity index (χ3v) is 3.63. The molecule has 134 valence electrons. The molecule has 0 heterocycles. The van der Waals surface area contributed by atoms with Gasteiger partial charge >= 0.3 is 12.4 Å². The first-order chi connectivity index (χ1) is 11.5. The van der Waals surface area contributed by atoms with Crippen molar-refractivity contribution >= 4 is 40.9 Å². The lowest BCUT2D eigenvalue weighted by molar-refractivity contribution is -0.138. The summed E-state index contributed by atoms with van der Waals surface area (Å²) in [6.45, 7) is 0. The van der Waals surface area contributed by atoms with Crippen LogP contribution in [0.25, 0.3) is 0 Å². The minimum Gasteiger partial charge on any atom is -0.346 e. The number of hydrogen-bond donors (Lipinski definition) is 1. The van der Waals surface area contributed by atoms with Gasteiger partial charge in [-0.05, 0) is 36.4 Å². The number of nitrogens with zero attached hydrogens (tertiary/aromatic N) is 1. The molecule has 0 saturated heterocycles. The third-order valence-electron chi connectivity index (χ3n) is 2.97. The minimum atomic E-state index is -4.65. The zero-order chi connectivity index (χ0) is 18.8. The van der Waals surface area contributed by atoms with Crippen molar-refractivity contribution in [3.63, 3.8) is 0 Å². The van der Waals surface area contributed by atoms with Crippen molar-refractivity contribution in [2.75, 3.05) is 5.32 Å². The Labute approximate surface area is 148 Å². The molecule has 0 aliphatic carbocycles. The number of aliphatic imine (C=N–C) groups is 1. The maximum Gasteiger partial charge on any atom is 0.417 e. The van der Waals surface area contributed by atoms with Crippen molar-refractivity contribution in [3.05, 3.63) is 57.6 Å². The van der Waals surface area contributed by atoms with Crippen LogP contribution < -0.4 is 5.32 Å². The number of alkyl halides is 6. The number of halogens is 8. The van der Waals surface area contributed by atoms with Gasteiger partial charge in [-0.25, -0.2) is 4.99 Å². The van der Waals surface area contributed by atoms with Crippen LogP contribution in [0.15, 0.2) is 41.4 Å². The molecular weight excluding hydrogens is 393 g/mol. The Hall–Kier alpha value is -1.93. The first-order valence-electron chi connectivity index (χ1n) is 6.51. The second kappa shape index (κ2) is 7.13. The van der Waals surface area contributed by atoms with E-state index in [-0.39, 0.29) is 11.4 Å². The minimum absolute atomic E-state index is 0.0190. The van der Waals surface area contributed by atoms with Crippen LogP contribution in [-0.4, -0.2) is 6.34 Å². The Morgan fingerprint density at radius 3 is 1.88 bits per heavy atom. The van der Waals surface area contributed by atoms with Gasteiger partial charge in [0.25, 0.3) is 0 Å². The molecular formula is C15H8Cl2F6N2. The summed E-state index contributed by atoms with van der Waals surface area (Å²) in [7, 11) is 0. The summed E-state index contributed by atoms with van der Waals surface area (Å²) in [4.78, 5) is 3.72. The molecule has 2 nitrogen and oxygen atoms in total. The fourth-order valence-electron chi connectivity index (χ4n) is 1.82. The van der Waals surface area contributed by atoms with Crippen LogP contribution in [0.1, 0.15) is 11.1 Å². The first-order valence-corrected chi connectivity index (χ1v) is 7.26. The van der Waals surface area contributed by atoms with Crippen molar-refractivity contribution in [2.24, 2.45) is 4.99 Å². The Morgan fingerprint density at radius 2 is 1.32 bits per heavy atom. The lowest BCUT2D eigenvalue weighted by Gasteiger charge is -2.11. The van der Waals surface area contributed by atoms with Crippen LogP contribution in [0.2, 0.25) is 10.0 Å². The van der Waals surface area contributed by atoms with Gasteiger partial charge < -0.3 is 5.32 Å². The summed E-state index contributed by atoms with van der Waals surface area (Å²) in [5.41, 5.74) is -2.16. The molecule has 0 atom stereocenters. The molecule has 0 unspecified atom stereocenters. The van der Waals surface area contributed by atoms with Crippen LogP contribution in [0.5, 0.6) is 0 Å². The lowest BCUT2D eigenvalue weighted by atomic mass is 10.2. The van der Waals surface area contributed by atoms with Gasteiger partial charge in [-0.15, -0.1) is 0 Å². The second-order valence-electron chi connectivity index (χ2n) is 4.76. The highest BCUT2D eigenvalue weighted by molar-refractivity contribution is 6.31. The Kier molecular flexibility index (Phi) is 5.53. The lowest BCUT2D eigenvalue weighted by Crippen LogP contribution is -2.07. The molecule has 0 fully saturated rings. The van der Waals surface area contributed by atoms with E-state index in [0.717, 1.165) is 30.6 Å². The first kappa shape index (κ1) is 19.4. The summed E-state index contributed by atoms with van der Waals surface area (Å²) in [5.74, 6) is 0. The molecule has 0 aliphatic rings. The predicted molar refractivity (Wildman–Crippen MR) is 84.7 cm³/mol. The largest absolute Gasteiger partial charge is 0.417 e. The zero-order valence-corrected chi connectivity index (χ0v) is 13.5. The standard InChI is InChI=1S/C15H8Cl2F6N2/c16-12-3-1-8(5-10(12)14(18,19)20)24-7-25-9-2-4-13(17)11(6-9)15(21,22)23/h1-7H,(H,24,25). The average Bonchev–Trinajstić information content (AvgIpc) is 2.48. The van der Waals surface area contributed by atoms with Gasteiger partial charge in [0.05, 0.1) is 33.2 Å². The quantitative estimate of drug-likeness (QED) is 0.341. The molecule has 2 aromatic carbocycles. The molecule has 0 bridgehead atoms. The average molecular weight is 401 g/mol. The topological polar surface area (TPSA) is 24.4 Å². The van der Waals surface area contributed by atoms with Crippen LogP contribution in [-0.2, 0) is 12.4 Å². The molecule has 25 heavy (non-hydrogen) atoms. The monoisotopic (exact) mass is 400 g/mol. The molecule has 2 aromatic rings. The van der Waals surface area contributed by atoms with E-state index in [0.29, 0.717) is 0 Å². The van der Waals surface area contributed by atoms with Gasteiger partial charge in [0.15, 0.2) is 0 Å². The maximum absolute atomic E-state index is 12.7. The van der Waals surface area contributed by atoms with E-state index in [2.05, 4.69) is 10.3 Å². The van der Waals surface area contributed by atoms with Crippen molar-refractivity contribution in [1.29, 1.82) is 0 Å². The second-order valence-corrected chi connectivity index (χ2v) is 5.57. The molecule has 0 saturated carbocycles. The summed E-state index contributed by atoms with van der Waals surface area (Å²) >= 11 is 11.0. The fraction of sp³-hybridized carbons (Fsp3) is 0.133. The number of benzene rings is 2. The summed E-state index contributed by atoms with van der Waals surface area (Å²) in [6.07, 6.45) is -8.32. The van der Waals surface area contributed by atoms with Crippen molar-refractivity contribution in [1.82, 2.24) is 0 Å². The van der Waals surface area contributed by atoms with Gasteiger partial charge in [-0.2, -0.15) is 26.3 Å². The number of anilines is 1. The highest BCUT2D eigenvalue weighted by atomic mass is 35.5. The van der Waals surface area contributed by atoms with E-state index < -0.39 is 33.5 Å².